The molecule has 0 saturated carbocycles. The number of imidazole rings is 1. The first-order chi connectivity index (χ1) is 10.1. The molecule has 0 spiro atoms. The summed E-state index contributed by atoms with van der Waals surface area (Å²) in [5.74, 6) is -3.28. The fourth-order valence-corrected chi connectivity index (χ4v) is 2.39. The summed E-state index contributed by atoms with van der Waals surface area (Å²) in [4.78, 5) is 2.77. The third-order valence-electron chi connectivity index (χ3n) is 3.06. The van der Waals surface area contributed by atoms with Gasteiger partial charge in [-0.3, -0.25) is 4.57 Å². The van der Waals surface area contributed by atoms with Crippen LogP contribution in [0, 0.1) is 22.2 Å². The Bertz CT molecular complexity index is 853. The van der Waals surface area contributed by atoms with Crippen molar-refractivity contribution in [3.05, 3.63) is 70.9 Å². The molecular weight excluding hydrogens is 297 g/mol. The maximum atomic E-state index is 14.0. The molecule has 21 heavy (non-hydrogen) atoms. The zero-order valence-corrected chi connectivity index (χ0v) is 11.4. The molecule has 0 bridgehead atoms. The number of hydrogen-bond acceptors (Lipinski definition) is 1. The molecule has 0 saturated heterocycles. The lowest BCUT2D eigenvalue weighted by Gasteiger charge is -2.10. The molecule has 6 heteroatoms. The quantitative estimate of drug-likeness (QED) is 0.541. The highest BCUT2D eigenvalue weighted by Gasteiger charge is 2.17. The zero-order chi connectivity index (χ0) is 15.0. The summed E-state index contributed by atoms with van der Waals surface area (Å²) in [7, 11) is 0. The molecule has 0 aliphatic rings. The lowest BCUT2D eigenvalue weighted by atomic mass is 10.1. The lowest BCUT2D eigenvalue weighted by molar-refractivity contribution is 0.490. The fourth-order valence-electron chi connectivity index (χ4n) is 2.13. The van der Waals surface area contributed by atoms with E-state index in [4.69, 9.17) is 12.2 Å². The average Bonchev–Trinajstić information content (AvgIpc) is 2.85. The molecule has 3 aromatic rings. The van der Waals surface area contributed by atoms with Gasteiger partial charge in [0.2, 0.25) is 0 Å². The van der Waals surface area contributed by atoms with E-state index in [1.165, 1.54) is 4.57 Å². The fraction of sp³-hybridized carbons (Fsp3) is 0. The van der Waals surface area contributed by atoms with Crippen molar-refractivity contribution < 1.29 is 13.2 Å². The number of aromatic amines is 1. The molecular formula is C15H9F3N2S. The summed E-state index contributed by atoms with van der Waals surface area (Å²) < 4.78 is 42.2. The first-order valence-electron chi connectivity index (χ1n) is 6.08. The molecule has 1 N–H and O–H groups in total. The smallest absolute Gasteiger partial charge is 0.183 e. The molecule has 0 fully saturated rings. The molecule has 0 atom stereocenters. The van der Waals surface area contributed by atoms with E-state index in [-0.39, 0.29) is 10.5 Å². The van der Waals surface area contributed by atoms with Crippen molar-refractivity contribution in [1.82, 2.24) is 9.55 Å². The molecule has 0 amide bonds. The van der Waals surface area contributed by atoms with Crippen molar-refractivity contribution in [3.8, 4) is 16.9 Å². The summed E-state index contributed by atoms with van der Waals surface area (Å²) in [5.41, 5.74) is 0.996. The average molecular weight is 306 g/mol. The van der Waals surface area contributed by atoms with Gasteiger partial charge in [-0.05, 0) is 12.2 Å². The largest absolute Gasteiger partial charge is 0.336 e. The number of nitrogens with zero attached hydrogens (tertiary/aromatic N) is 1. The molecule has 1 aromatic heterocycles. The summed E-state index contributed by atoms with van der Waals surface area (Å²) in [6.45, 7) is 0. The highest BCUT2D eigenvalue weighted by Crippen LogP contribution is 2.26. The van der Waals surface area contributed by atoms with E-state index in [9.17, 15) is 13.2 Å². The Balaban J connectivity index is 2.30. The normalized spacial score (nSPS) is 10.8. The Morgan fingerprint density at radius 2 is 1.71 bits per heavy atom. The number of H-pyrrole nitrogens is 1. The van der Waals surface area contributed by atoms with Crippen molar-refractivity contribution in [1.29, 1.82) is 0 Å². The van der Waals surface area contributed by atoms with Crippen molar-refractivity contribution in [2.24, 2.45) is 0 Å². The number of benzene rings is 2. The number of hydrogen-bond donors (Lipinski definition) is 1. The van der Waals surface area contributed by atoms with Gasteiger partial charge in [0.15, 0.2) is 16.4 Å². The van der Waals surface area contributed by atoms with Gasteiger partial charge < -0.3 is 4.98 Å². The highest BCUT2D eigenvalue weighted by atomic mass is 32.1. The third-order valence-corrected chi connectivity index (χ3v) is 3.36. The van der Waals surface area contributed by atoms with Crippen molar-refractivity contribution >= 4 is 12.2 Å². The SMILES string of the molecule is Fc1cc(F)c(F)c(-n2c(-c3ccccc3)c[nH]c2=S)c1. The number of rotatable bonds is 2. The Labute approximate surface area is 123 Å². The second kappa shape index (κ2) is 5.21. The van der Waals surface area contributed by atoms with Gasteiger partial charge in [-0.2, -0.15) is 0 Å². The van der Waals surface area contributed by atoms with Crippen LogP contribution in [0.3, 0.4) is 0 Å². The van der Waals surface area contributed by atoms with Crippen LogP contribution in [0.15, 0.2) is 48.7 Å². The second-order valence-electron chi connectivity index (χ2n) is 4.40. The number of halogens is 3. The minimum absolute atomic E-state index is 0.151. The molecule has 106 valence electrons. The lowest BCUT2D eigenvalue weighted by Crippen LogP contribution is -2.03. The Hall–Kier alpha value is -2.34. The number of nitrogens with one attached hydrogen (secondary N) is 1. The first-order valence-corrected chi connectivity index (χ1v) is 6.49. The predicted octanol–water partition coefficient (Wildman–Crippen LogP) is 4.62. The van der Waals surface area contributed by atoms with E-state index in [1.54, 1.807) is 30.5 Å². The first kappa shape index (κ1) is 13.6. The maximum Gasteiger partial charge on any atom is 0.183 e. The van der Waals surface area contributed by atoms with Crippen LogP contribution < -0.4 is 0 Å². The zero-order valence-electron chi connectivity index (χ0n) is 10.6. The third kappa shape index (κ3) is 2.38. The van der Waals surface area contributed by atoms with E-state index in [0.717, 1.165) is 11.6 Å². The van der Waals surface area contributed by atoms with Crippen LogP contribution in [0.5, 0.6) is 0 Å². The minimum Gasteiger partial charge on any atom is -0.336 e. The molecule has 0 aliphatic carbocycles. The van der Waals surface area contributed by atoms with Gasteiger partial charge in [-0.25, -0.2) is 13.2 Å². The summed E-state index contributed by atoms with van der Waals surface area (Å²) in [6.07, 6.45) is 1.57. The maximum absolute atomic E-state index is 14.0. The van der Waals surface area contributed by atoms with Crippen LogP contribution in [-0.4, -0.2) is 9.55 Å². The predicted molar refractivity (Wildman–Crippen MR) is 76.3 cm³/mol. The van der Waals surface area contributed by atoms with E-state index >= 15 is 0 Å². The van der Waals surface area contributed by atoms with E-state index in [1.807, 2.05) is 6.07 Å². The highest BCUT2D eigenvalue weighted by molar-refractivity contribution is 7.71. The standard InChI is InChI=1S/C15H9F3N2S/c16-10-6-11(17)14(18)12(7-10)20-13(8-19-15(20)21)9-4-2-1-3-5-9/h1-8H,(H,19,21). The topological polar surface area (TPSA) is 20.7 Å². The molecule has 0 radical (unpaired) electrons. The second-order valence-corrected chi connectivity index (χ2v) is 4.79. The van der Waals surface area contributed by atoms with Crippen LogP contribution in [0.25, 0.3) is 16.9 Å². The Morgan fingerprint density at radius 3 is 2.43 bits per heavy atom. The summed E-state index contributed by atoms with van der Waals surface area (Å²) in [6, 6.07) is 10.4. The van der Waals surface area contributed by atoms with Crippen molar-refractivity contribution in [2.45, 2.75) is 0 Å². The Kier molecular flexibility index (Phi) is 3.39. The molecule has 3 rings (SSSR count). The van der Waals surface area contributed by atoms with Crippen molar-refractivity contribution in [2.75, 3.05) is 0 Å². The molecule has 0 unspecified atom stereocenters. The molecule has 1 heterocycles. The van der Waals surface area contributed by atoms with Gasteiger partial charge in [-0.15, -0.1) is 0 Å². The van der Waals surface area contributed by atoms with Crippen molar-refractivity contribution in [3.63, 3.8) is 0 Å². The minimum atomic E-state index is -1.26. The monoisotopic (exact) mass is 306 g/mol. The van der Waals surface area contributed by atoms with Crippen LogP contribution >= 0.6 is 12.2 Å². The van der Waals surface area contributed by atoms with Gasteiger partial charge in [0.25, 0.3) is 0 Å². The molecule has 2 nitrogen and oxygen atoms in total. The van der Waals surface area contributed by atoms with Crippen LogP contribution in [0.4, 0.5) is 13.2 Å². The van der Waals surface area contributed by atoms with Gasteiger partial charge in [0.1, 0.15) is 5.82 Å². The molecule has 2 aromatic carbocycles. The van der Waals surface area contributed by atoms with Crippen LogP contribution in [-0.2, 0) is 0 Å². The summed E-state index contributed by atoms with van der Waals surface area (Å²) in [5, 5.41) is 0. The Morgan fingerprint density at radius 1 is 1.00 bits per heavy atom. The number of aromatic nitrogens is 2. The van der Waals surface area contributed by atoms with Crippen LogP contribution in [0.1, 0.15) is 0 Å². The van der Waals surface area contributed by atoms with E-state index in [2.05, 4.69) is 4.98 Å². The van der Waals surface area contributed by atoms with Gasteiger partial charge in [-0.1, -0.05) is 30.3 Å². The summed E-state index contributed by atoms with van der Waals surface area (Å²) >= 11 is 5.10. The van der Waals surface area contributed by atoms with Gasteiger partial charge in [0.05, 0.1) is 11.4 Å². The van der Waals surface area contributed by atoms with E-state index in [0.29, 0.717) is 11.8 Å². The van der Waals surface area contributed by atoms with Crippen LogP contribution in [0.2, 0.25) is 0 Å². The van der Waals surface area contributed by atoms with E-state index < -0.39 is 17.5 Å². The van der Waals surface area contributed by atoms with Gasteiger partial charge in [0, 0.05) is 23.9 Å². The molecule has 0 aliphatic heterocycles. The van der Waals surface area contributed by atoms with Gasteiger partial charge >= 0.3 is 0 Å².